The van der Waals surface area contributed by atoms with E-state index in [9.17, 15) is 0 Å². The molecule has 0 aliphatic carbocycles. The van der Waals surface area contributed by atoms with Crippen LogP contribution in [0.5, 0.6) is 0 Å². The molecule has 0 heterocycles. The average Bonchev–Trinajstić information content (AvgIpc) is 1.99. The van der Waals surface area contributed by atoms with Crippen molar-refractivity contribution in [1.82, 2.24) is 0 Å². The third-order valence-corrected chi connectivity index (χ3v) is 1.49. The van der Waals surface area contributed by atoms with Gasteiger partial charge in [-0.15, -0.1) is 0 Å². The number of benzene rings is 1. The summed E-state index contributed by atoms with van der Waals surface area (Å²) in [6.07, 6.45) is 1.10. The summed E-state index contributed by atoms with van der Waals surface area (Å²) in [4.78, 5) is 0. The van der Waals surface area contributed by atoms with Crippen molar-refractivity contribution in [2.45, 2.75) is 48.0 Å². The summed E-state index contributed by atoms with van der Waals surface area (Å²) in [6, 6.07) is 11.4. The van der Waals surface area contributed by atoms with Gasteiger partial charge in [0.25, 0.3) is 0 Å². The van der Waals surface area contributed by atoms with Gasteiger partial charge in [-0.1, -0.05) is 41.5 Å². The molecule has 1 aromatic carbocycles. The maximum atomic E-state index is 3.77. The SMILES string of the molecule is CC(C)(C)Cc1[c-]cccc1.[CH2-]C(C)(C)C.[Mg+2]. The molecule has 1 rings (SSSR count). The Labute approximate surface area is 124 Å². The predicted octanol–water partition coefficient (Wildman–Crippen LogP) is 4.56. The van der Waals surface area contributed by atoms with Crippen LogP contribution in [0.1, 0.15) is 47.1 Å². The Hall–Kier alpha value is -0.0138. The Morgan fingerprint density at radius 2 is 1.53 bits per heavy atom. The van der Waals surface area contributed by atoms with E-state index in [1.54, 1.807) is 0 Å². The first-order valence-electron chi connectivity index (χ1n) is 5.89. The molecule has 0 amide bonds. The molecule has 0 bridgehead atoms. The normalized spacial score (nSPS) is 11.0. The first-order valence-corrected chi connectivity index (χ1v) is 5.89. The smallest absolute Gasteiger partial charge is 0.338 e. The zero-order chi connectivity index (χ0) is 12.8. The number of hydrogen-bond acceptors (Lipinski definition) is 0. The van der Waals surface area contributed by atoms with Crippen molar-refractivity contribution in [1.29, 1.82) is 0 Å². The Morgan fingerprint density at radius 1 is 1.06 bits per heavy atom. The van der Waals surface area contributed by atoms with Gasteiger partial charge in [-0.25, -0.2) is 0 Å². The van der Waals surface area contributed by atoms with Gasteiger partial charge in [-0.2, -0.15) is 41.3 Å². The zero-order valence-corrected chi connectivity index (χ0v) is 13.8. The van der Waals surface area contributed by atoms with E-state index in [1.807, 2.05) is 12.1 Å². The number of hydrogen-bond donors (Lipinski definition) is 0. The molecule has 0 aliphatic rings. The van der Waals surface area contributed by atoms with Crippen molar-refractivity contribution >= 4 is 23.1 Å². The van der Waals surface area contributed by atoms with Crippen LogP contribution < -0.4 is 0 Å². The van der Waals surface area contributed by atoms with Crippen molar-refractivity contribution in [3.63, 3.8) is 0 Å². The van der Waals surface area contributed by atoms with Gasteiger partial charge in [-0.3, -0.25) is 0 Å². The van der Waals surface area contributed by atoms with Crippen molar-refractivity contribution in [3.05, 3.63) is 42.8 Å². The third-order valence-electron chi connectivity index (χ3n) is 1.49. The van der Waals surface area contributed by atoms with Gasteiger partial charge < -0.3 is 6.92 Å². The Bertz CT molecular complexity index is 269. The van der Waals surface area contributed by atoms with Crippen LogP contribution in [0.4, 0.5) is 0 Å². The van der Waals surface area contributed by atoms with E-state index in [2.05, 4.69) is 66.7 Å². The van der Waals surface area contributed by atoms with Crippen LogP contribution in [0.2, 0.25) is 0 Å². The van der Waals surface area contributed by atoms with Gasteiger partial charge in [0.2, 0.25) is 0 Å². The third kappa shape index (κ3) is 18.5. The minimum Gasteiger partial charge on any atom is -0.338 e. The summed E-state index contributed by atoms with van der Waals surface area (Å²) in [5, 5.41) is 0. The molecule has 0 atom stereocenters. The fourth-order valence-electron chi connectivity index (χ4n) is 1.11. The minimum atomic E-state index is 0. The Morgan fingerprint density at radius 3 is 1.82 bits per heavy atom. The summed E-state index contributed by atoms with van der Waals surface area (Å²) in [5.74, 6) is 0. The molecule has 0 aliphatic heterocycles. The molecule has 0 radical (unpaired) electrons. The van der Waals surface area contributed by atoms with E-state index in [0.717, 1.165) is 6.42 Å². The molecule has 0 aromatic heterocycles. The molecule has 0 unspecified atom stereocenters. The molecule has 1 aromatic rings. The van der Waals surface area contributed by atoms with E-state index < -0.39 is 0 Å². The van der Waals surface area contributed by atoms with Crippen LogP contribution in [0, 0.1) is 23.8 Å². The minimum absolute atomic E-state index is 0. The van der Waals surface area contributed by atoms with E-state index in [1.165, 1.54) is 5.56 Å². The van der Waals surface area contributed by atoms with Crippen molar-refractivity contribution in [2.24, 2.45) is 10.8 Å². The Kier molecular flexibility index (Phi) is 9.27. The standard InChI is InChI=1S/C11H15.C5H11.Mg/c1-11(2,3)9-10-7-5-4-6-8-10;1-5(2,3)4;/h4-7H,9H2,1-3H3;1H2,2-4H3;/q2*-1;+2. The van der Waals surface area contributed by atoms with E-state index >= 15 is 0 Å². The van der Waals surface area contributed by atoms with Crippen molar-refractivity contribution in [2.75, 3.05) is 0 Å². The molecular weight excluding hydrogens is 216 g/mol. The maximum Gasteiger partial charge on any atom is 2.00 e. The molecule has 0 fully saturated rings. The largest absolute Gasteiger partial charge is 2.00 e. The second-order valence-corrected chi connectivity index (χ2v) is 6.69. The first-order chi connectivity index (χ1) is 7.08. The van der Waals surface area contributed by atoms with Gasteiger partial charge in [0.1, 0.15) is 0 Å². The fourth-order valence-corrected chi connectivity index (χ4v) is 1.11. The summed E-state index contributed by atoms with van der Waals surface area (Å²) in [6.45, 7) is 16.7. The van der Waals surface area contributed by atoms with Gasteiger partial charge in [0.15, 0.2) is 0 Å². The van der Waals surface area contributed by atoms with Crippen LogP contribution in [-0.4, -0.2) is 23.1 Å². The fraction of sp³-hybridized carbons (Fsp3) is 0.562. The Balaban J connectivity index is 0. The summed E-state index contributed by atoms with van der Waals surface area (Å²) >= 11 is 0. The van der Waals surface area contributed by atoms with Crippen LogP contribution in [0.15, 0.2) is 24.3 Å². The summed E-state index contributed by atoms with van der Waals surface area (Å²) in [7, 11) is 0. The molecule has 92 valence electrons. The van der Waals surface area contributed by atoms with E-state index in [-0.39, 0.29) is 28.5 Å². The zero-order valence-electron chi connectivity index (χ0n) is 12.4. The molecule has 17 heavy (non-hydrogen) atoms. The van der Waals surface area contributed by atoms with Crippen LogP contribution in [-0.2, 0) is 6.42 Å². The summed E-state index contributed by atoms with van der Waals surface area (Å²) in [5.41, 5.74) is 1.93. The average molecular weight is 243 g/mol. The second-order valence-electron chi connectivity index (χ2n) is 6.69. The van der Waals surface area contributed by atoms with Crippen molar-refractivity contribution < 1.29 is 0 Å². The molecule has 1 heteroatoms. The summed E-state index contributed by atoms with van der Waals surface area (Å²) < 4.78 is 0. The van der Waals surface area contributed by atoms with Crippen LogP contribution >= 0.6 is 0 Å². The molecular formula is C16H26Mg. The predicted molar refractivity (Wildman–Crippen MR) is 79.0 cm³/mol. The van der Waals surface area contributed by atoms with Crippen molar-refractivity contribution in [3.8, 4) is 0 Å². The number of rotatable bonds is 1. The first kappa shape index (κ1) is 19.3. The van der Waals surface area contributed by atoms with Gasteiger partial charge in [-0.05, 0) is 11.8 Å². The monoisotopic (exact) mass is 242 g/mol. The van der Waals surface area contributed by atoms with Gasteiger partial charge >= 0.3 is 23.1 Å². The van der Waals surface area contributed by atoms with Gasteiger partial charge in [0, 0.05) is 0 Å². The molecule has 0 saturated heterocycles. The van der Waals surface area contributed by atoms with Crippen LogP contribution in [0.3, 0.4) is 0 Å². The molecule has 0 spiro atoms. The molecule has 0 N–H and O–H groups in total. The van der Waals surface area contributed by atoms with Gasteiger partial charge in [0.05, 0.1) is 0 Å². The quantitative estimate of drug-likeness (QED) is 0.500. The van der Waals surface area contributed by atoms with E-state index in [0.29, 0.717) is 5.41 Å². The molecule has 0 nitrogen and oxygen atoms in total. The maximum absolute atomic E-state index is 3.77. The molecule has 0 saturated carbocycles. The van der Waals surface area contributed by atoms with Crippen LogP contribution in [0.25, 0.3) is 0 Å². The topological polar surface area (TPSA) is 0 Å². The van der Waals surface area contributed by atoms with E-state index in [4.69, 9.17) is 0 Å². The second kappa shape index (κ2) is 8.15.